The summed E-state index contributed by atoms with van der Waals surface area (Å²) in [7, 11) is 0. The molecule has 1 aromatic carbocycles. The van der Waals surface area contributed by atoms with Crippen molar-refractivity contribution in [3.63, 3.8) is 0 Å². The Bertz CT molecular complexity index is 478. The van der Waals surface area contributed by atoms with Gasteiger partial charge in [-0.1, -0.05) is 30.7 Å². The summed E-state index contributed by atoms with van der Waals surface area (Å²) in [6.07, 6.45) is 1.02. The minimum atomic E-state index is -0.0614. The average Bonchev–Trinajstić information content (AvgIpc) is 2.76. The molecule has 1 aromatic heterocycles. The molecule has 1 unspecified atom stereocenters. The quantitative estimate of drug-likeness (QED) is 0.876. The van der Waals surface area contributed by atoms with E-state index < -0.39 is 0 Å². The van der Waals surface area contributed by atoms with Gasteiger partial charge in [0.25, 0.3) is 0 Å². The van der Waals surface area contributed by atoms with Gasteiger partial charge in [-0.15, -0.1) is 11.3 Å². The highest BCUT2D eigenvalue weighted by molar-refractivity contribution is 7.10. The highest BCUT2D eigenvalue weighted by Gasteiger charge is 2.13. The molecule has 0 aliphatic heterocycles. The van der Waals surface area contributed by atoms with Crippen LogP contribution >= 0.6 is 22.9 Å². The topological polar surface area (TPSA) is 26.0 Å². The zero-order valence-electron chi connectivity index (χ0n) is 9.11. The van der Waals surface area contributed by atoms with E-state index in [1.54, 1.807) is 11.3 Å². The summed E-state index contributed by atoms with van der Waals surface area (Å²) in [5.41, 5.74) is 8.66. The third kappa shape index (κ3) is 2.29. The van der Waals surface area contributed by atoms with Gasteiger partial charge >= 0.3 is 0 Å². The number of nitrogens with two attached hydrogens (primary N) is 1. The van der Waals surface area contributed by atoms with Crippen LogP contribution in [0.4, 0.5) is 0 Å². The first-order valence-corrected chi connectivity index (χ1v) is 6.55. The third-order valence-electron chi connectivity index (χ3n) is 2.65. The molecule has 84 valence electrons. The van der Waals surface area contributed by atoms with Gasteiger partial charge in [0.05, 0.1) is 6.04 Å². The van der Waals surface area contributed by atoms with E-state index in [0.717, 1.165) is 17.0 Å². The van der Waals surface area contributed by atoms with Crippen LogP contribution < -0.4 is 5.73 Å². The summed E-state index contributed by atoms with van der Waals surface area (Å²) < 4.78 is 0. The highest BCUT2D eigenvalue weighted by Crippen LogP contribution is 2.29. The fourth-order valence-electron chi connectivity index (χ4n) is 1.76. The molecule has 0 saturated carbocycles. The minimum Gasteiger partial charge on any atom is -0.320 e. The molecule has 0 radical (unpaired) electrons. The molecule has 1 heterocycles. The Kier molecular flexibility index (Phi) is 3.64. The number of thiophene rings is 1. The van der Waals surface area contributed by atoms with E-state index in [4.69, 9.17) is 17.3 Å². The first kappa shape index (κ1) is 11.6. The van der Waals surface area contributed by atoms with Gasteiger partial charge in [0.15, 0.2) is 0 Å². The second kappa shape index (κ2) is 5.00. The average molecular weight is 252 g/mol. The fraction of sp³-hybridized carbons (Fsp3) is 0.231. The molecule has 0 bridgehead atoms. The predicted octanol–water partition coefficient (Wildman–Crippen LogP) is 4.01. The molecular weight excluding hydrogens is 238 g/mol. The van der Waals surface area contributed by atoms with Crippen LogP contribution in [0.1, 0.15) is 29.0 Å². The van der Waals surface area contributed by atoms with Crippen LogP contribution in [-0.2, 0) is 6.42 Å². The number of hydrogen-bond donors (Lipinski definition) is 1. The van der Waals surface area contributed by atoms with Crippen molar-refractivity contribution in [3.8, 4) is 0 Å². The Morgan fingerprint density at radius 3 is 2.88 bits per heavy atom. The van der Waals surface area contributed by atoms with Crippen LogP contribution in [0.15, 0.2) is 35.7 Å². The van der Waals surface area contributed by atoms with Gasteiger partial charge in [-0.2, -0.15) is 0 Å². The minimum absolute atomic E-state index is 0.0614. The lowest BCUT2D eigenvalue weighted by molar-refractivity contribution is 0.874. The Balaban J connectivity index is 2.35. The number of aryl methyl sites for hydroxylation is 1. The van der Waals surface area contributed by atoms with Gasteiger partial charge in [0.2, 0.25) is 0 Å². The van der Waals surface area contributed by atoms with Gasteiger partial charge in [-0.3, -0.25) is 0 Å². The summed E-state index contributed by atoms with van der Waals surface area (Å²) in [6.45, 7) is 2.15. The van der Waals surface area contributed by atoms with Gasteiger partial charge in [0, 0.05) is 9.90 Å². The van der Waals surface area contributed by atoms with Crippen molar-refractivity contribution in [2.45, 2.75) is 19.4 Å². The standard InChI is InChI=1S/C13H14ClNS/c1-2-9-6-7-16-13(9)12(15)10-4-3-5-11(14)8-10/h3-8,12H,2,15H2,1H3. The fourth-order valence-corrected chi connectivity index (χ4v) is 2.99. The Morgan fingerprint density at radius 2 is 2.19 bits per heavy atom. The summed E-state index contributed by atoms with van der Waals surface area (Å²) in [6, 6.07) is 9.85. The number of hydrogen-bond acceptors (Lipinski definition) is 2. The molecule has 0 aliphatic rings. The molecule has 2 rings (SSSR count). The second-order valence-electron chi connectivity index (χ2n) is 3.70. The predicted molar refractivity (Wildman–Crippen MR) is 71.2 cm³/mol. The second-order valence-corrected chi connectivity index (χ2v) is 5.08. The molecule has 1 nitrogen and oxygen atoms in total. The van der Waals surface area contributed by atoms with E-state index in [9.17, 15) is 0 Å². The number of halogens is 1. The van der Waals surface area contributed by atoms with Gasteiger partial charge < -0.3 is 5.73 Å². The van der Waals surface area contributed by atoms with E-state index in [-0.39, 0.29) is 6.04 Å². The summed E-state index contributed by atoms with van der Waals surface area (Å²) in [4.78, 5) is 1.24. The first-order valence-electron chi connectivity index (χ1n) is 5.29. The van der Waals surface area contributed by atoms with Crippen molar-refractivity contribution in [2.75, 3.05) is 0 Å². The molecule has 0 amide bonds. The Morgan fingerprint density at radius 1 is 1.38 bits per heavy atom. The van der Waals surface area contributed by atoms with Crippen molar-refractivity contribution < 1.29 is 0 Å². The maximum Gasteiger partial charge on any atom is 0.0649 e. The van der Waals surface area contributed by atoms with Gasteiger partial charge in [-0.25, -0.2) is 0 Å². The molecule has 16 heavy (non-hydrogen) atoms. The molecule has 0 aliphatic carbocycles. The largest absolute Gasteiger partial charge is 0.320 e. The van der Waals surface area contributed by atoms with Crippen LogP contribution in [-0.4, -0.2) is 0 Å². The zero-order valence-corrected chi connectivity index (χ0v) is 10.7. The van der Waals surface area contributed by atoms with E-state index in [1.807, 2.05) is 24.3 Å². The summed E-state index contributed by atoms with van der Waals surface area (Å²) in [5.74, 6) is 0. The van der Waals surface area contributed by atoms with Crippen molar-refractivity contribution in [2.24, 2.45) is 5.73 Å². The lowest BCUT2D eigenvalue weighted by atomic mass is 10.0. The van der Waals surface area contributed by atoms with Crippen LogP contribution in [0, 0.1) is 0 Å². The normalized spacial score (nSPS) is 12.7. The Hall–Kier alpha value is -0.830. The number of benzene rings is 1. The lowest BCUT2D eigenvalue weighted by Crippen LogP contribution is -2.11. The molecule has 0 spiro atoms. The van der Waals surface area contributed by atoms with Crippen molar-refractivity contribution in [1.29, 1.82) is 0 Å². The van der Waals surface area contributed by atoms with E-state index in [1.165, 1.54) is 10.4 Å². The Labute approximate surface area is 105 Å². The van der Waals surface area contributed by atoms with E-state index in [0.29, 0.717) is 0 Å². The summed E-state index contributed by atoms with van der Waals surface area (Å²) in [5, 5.41) is 2.83. The van der Waals surface area contributed by atoms with Crippen LogP contribution in [0.25, 0.3) is 0 Å². The van der Waals surface area contributed by atoms with Crippen LogP contribution in [0.5, 0.6) is 0 Å². The third-order valence-corrected chi connectivity index (χ3v) is 3.93. The van der Waals surface area contributed by atoms with Gasteiger partial charge in [-0.05, 0) is 41.1 Å². The van der Waals surface area contributed by atoms with Crippen LogP contribution in [0.3, 0.4) is 0 Å². The van der Waals surface area contributed by atoms with Crippen molar-refractivity contribution in [3.05, 3.63) is 56.7 Å². The highest BCUT2D eigenvalue weighted by atomic mass is 35.5. The molecule has 2 N–H and O–H groups in total. The van der Waals surface area contributed by atoms with Gasteiger partial charge in [0.1, 0.15) is 0 Å². The van der Waals surface area contributed by atoms with Crippen molar-refractivity contribution in [1.82, 2.24) is 0 Å². The molecule has 3 heteroatoms. The first-order chi connectivity index (χ1) is 7.72. The maximum atomic E-state index is 6.26. The maximum absolute atomic E-state index is 6.26. The molecular formula is C13H14ClNS. The van der Waals surface area contributed by atoms with E-state index >= 15 is 0 Å². The van der Waals surface area contributed by atoms with Crippen LogP contribution in [0.2, 0.25) is 5.02 Å². The molecule has 0 saturated heterocycles. The molecule has 1 atom stereocenters. The molecule has 2 aromatic rings. The number of rotatable bonds is 3. The monoisotopic (exact) mass is 251 g/mol. The molecule has 0 fully saturated rings. The summed E-state index contributed by atoms with van der Waals surface area (Å²) >= 11 is 7.69. The van der Waals surface area contributed by atoms with Crippen molar-refractivity contribution >= 4 is 22.9 Å². The van der Waals surface area contributed by atoms with E-state index in [2.05, 4.69) is 18.4 Å². The SMILES string of the molecule is CCc1ccsc1C(N)c1cccc(Cl)c1. The lowest BCUT2D eigenvalue weighted by Gasteiger charge is -2.12. The zero-order chi connectivity index (χ0) is 11.5. The smallest absolute Gasteiger partial charge is 0.0649 e.